The van der Waals surface area contributed by atoms with Crippen LogP contribution in [0.15, 0.2) is 243 Å². The van der Waals surface area contributed by atoms with E-state index in [4.69, 9.17) is 0 Å². The van der Waals surface area contributed by atoms with Gasteiger partial charge >= 0.3 is 0 Å². The van der Waals surface area contributed by atoms with Crippen molar-refractivity contribution >= 4 is 43.6 Å². The smallest absolute Gasteiger partial charge is 0.0542 e. The molecule has 2 heteroatoms. The molecule has 62 heavy (non-hydrogen) atoms. The molecule has 0 atom stereocenters. The molecule has 2 nitrogen and oxygen atoms in total. The van der Waals surface area contributed by atoms with Gasteiger partial charge in [-0.2, -0.15) is 0 Å². The molecule has 0 spiro atoms. The van der Waals surface area contributed by atoms with Crippen molar-refractivity contribution in [3.05, 3.63) is 243 Å². The van der Waals surface area contributed by atoms with Crippen molar-refractivity contribution in [3.63, 3.8) is 0 Å². The molecular formula is C60H40N2. The number of hydrogen-bond acceptors (Lipinski definition) is 0. The highest BCUT2D eigenvalue weighted by atomic mass is 15.0. The predicted octanol–water partition coefficient (Wildman–Crippen LogP) is 16.2. The Morgan fingerprint density at radius 1 is 0.177 bits per heavy atom. The van der Waals surface area contributed by atoms with Gasteiger partial charge in [0.05, 0.1) is 22.1 Å². The third kappa shape index (κ3) is 6.12. The van der Waals surface area contributed by atoms with Crippen molar-refractivity contribution in [2.75, 3.05) is 0 Å². The van der Waals surface area contributed by atoms with Crippen molar-refractivity contribution in [1.82, 2.24) is 9.13 Å². The second kappa shape index (κ2) is 14.8. The fourth-order valence-electron chi connectivity index (χ4n) is 9.55. The van der Waals surface area contributed by atoms with Gasteiger partial charge in [-0.05, 0) is 134 Å². The van der Waals surface area contributed by atoms with E-state index < -0.39 is 0 Å². The number of benzene rings is 10. The van der Waals surface area contributed by atoms with Crippen LogP contribution in [-0.2, 0) is 0 Å². The van der Waals surface area contributed by atoms with Crippen molar-refractivity contribution in [1.29, 1.82) is 0 Å². The Morgan fingerprint density at radius 2 is 0.500 bits per heavy atom. The van der Waals surface area contributed by atoms with Gasteiger partial charge in [0.25, 0.3) is 0 Å². The minimum atomic E-state index is 1.12. The lowest BCUT2D eigenvalue weighted by molar-refractivity contribution is 1.17. The highest BCUT2D eigenvalue weighted by Crippen LogP contribution is 2.41. The Labute approximate surface area is 360 Å². The van der Waals surface area contributed by atoms with Crippen LogP contribution in [0.1, 0.15) is 0 Å². The lowest BCUT2D eigenvalue weighted by atomic mass is 9.91. The van der Waals surface area contributed by atoms with Gasteiger partial charge in [0, 0.05) is 32.9 Å². The fourth-order valence-corrected chi connectivity index (χ4v) is 9.55. The Bertz CT molecular complexity index is 3500. The molecule has 0 saturated carbocycles. The van der Waals surface area contributed by atoms with E-state index in [2.05, 4.69) is 252 Å². The molecule has 0 amide bonds. The van der Waals surface area contributed by atoms with Crippen LogP contribution in [0.2, 0.25) is 0 Å². The monoisotopic (exact) mass is 788 g/mol. The maximum absolute atomic E-state index is 2.47. The molecule has 0 aliphatic carbocycles. The molecule has 0 unspecified atom stereocenters. The Morgan fingerprint density at radius 3 is 1.02 bits per heavy atom. The van der Waals surface area contributed by atoms with E-state index in [-0.39, 0.29) is 0 Å². The zero-order valence-electron chi connectivity index (χ0n) is 34.0. The summed E-state index contributed by atoms with van der Waals surface area (Å²) >= 11 is 0. The first-order valence-electron chi connectivity index (χ1n) is 21.3. The van der Waals surface area contributed by atoms with Crippen LogP contribution in [-0.4, -0.2) is 9.13 Å². The number of hydrogen-bond donors (Lipinski definition) is 0. The van der Waals surface area contributed by atoms with Crippen LogP contribution in [0.25, 0.3) is 111 Å². The highest BCUT2D eigenvalue weighted by molar-refractivity contribution is 6.12. The summed E-state index contributed by atoms with van der Waals surface area (Å²) in [6.45, 7) is 0. The molecule has 0 aliphatic heterocycles. The van der Waals surface area contributed by atoms with Gasteiger partial charge in [-0.15, -0.1) is 0 Å². The third-order valence-electron chi connectivity index (χ3n) is 12.5. The fraction of sp³-hybridized carbons (Fsp3) is 0. The van der Waals surface area contributed by atoms with E-state index in [0.717, 1.165) is 22.5 Å². The SMILES string of the molecule is c1ccc(-c2cccc(-c3cc(-c4cc(-c5ccccc5)cc(-c5ccccc5)c4)cc(-n4c5ccccc5c5cc(-n6c7ccccc7c7ccccc76)ccc54)c3)c2)cc1. The van der Waals surface area contributed by atoms with Gasteiger partial charge in [-0.1, -0.05) is 164 Å². The molecule has 2 aromatic heterocycles. The van der Waals surface area contributed by atoms with Gasteiger partial charge in [0.1, 0.15) is 0 Å². The second-order valence-corrected chi connectivity index (χ2v) is 16.2. The number of aromatic nitrogens is 2. The zero-order chi connectivity index (χ0) is 41.0. The molecule has 0 aliphatic rings. The van der Waals surface area contributed by atoms with E-state index in [9.17, 15) is 0 Å². The molecule has 0 saturated heterocycles. The zero-order valence-corrected chi connectivity index (χ0v) is 34.0. The van der Waals surface area contributed by atoms with Crippen LogP contribution in [0.4, 0.5) is 0 Å². The minimum Gasteiger partial charge on any atom is -0.309 e. The molecular weight excluding hydrogens is 749 g/mol. The third-order valence-corrected chi connectivity index (χ3v) is 12.5. The summed E-state index contributed by atoms with van der Waals surface area (Å²) in [4.78, 5) is 0. The van der Waals surface area contributed by atoms with E-state index in [1.165, 1.54) is 88.1 Å². The van der Waals surface area contributed by atoms with Crippen LogP contribution in [0.5, 0.6) is 0 Å². The summed E-state index contributed by atoms with van der Waals surface area (Å²) in [5.74, 6) is 0. The molecule has 0 radical (unpaired) electrons. The first-order chi connectivity index (χ1) is 30.7. The highest BCUT2D eigenvalue weighted by Gasteiger charge is 2.18. The lowest BCUT2D eigenvalue weighted by Gasteiger charge is -2.16. The first kappa shape index (κ1) is 35.7. The van der Waals surface area contributed by atoms with Crippen molar-refractivity contribution in [2.45, 2.75) is 0 Å². The van der Waals surface area contributed by atoms with E-state index in [0.29, 0.717) is 0 Å². The Kier molecular flexibility index (Phi) is 8.53. The molecule has 0 bridgehead atoms. The Balaban J connectivity index is 1.11. The number of nitrogens with zero attached hydrogens (tertiary/aromatic N) is 2. The summed E-state index contributed by atoms with van der Waals surface area (Å²) in [6.07, 6.45) is 0. The van der Waals surface area contributed by atoms with E-state index >= 15 is 0 Å². The van der Waals surface area contributed by atoms with Crippen LogP contribution < -0.4 is 0 Å². The standard InChI is InChI=1S/C60H40N2/c1-4-17-41(18-5-1)44-23-16-24-45(33-44)49-37-50(48-35-46(42-19-6-2-7-20-42)34-47(36-48)43-21-8-3-9-22-43)39-52(38-49)62-59-30-15-12-27-55(59)56-40-51(31-32-60(56)62)61-57-28-13-10-25-53(57)54-26-11-14-29-58(54)61/h1-40H. The van der Waals surface area contributed by atoms with Crippen molar-refractivity contribution in [3.8, 4) is 67.0 Å². The molecule has 290 valence electrons. The maximum atomic E-state index is 2.47. The summed E-state index contributed by atoms with van der Waals surface area (Å²) < 4.78 is 4.88. The van der Waals surface area contributed by atoms with Crippen molar-refractivity contribution < 1.29 is 0 Å². The van der Waals surface area contributed by atoms with Gasteiger partial charge in [-0.25, -0.2) is 0 Å². The quantitative estimate of drug-likeness (QED) is 0.152. The topological polar surface area (TPSA) is 9.86 Å². The van der Waals surface area contributed by atoms with Gasteiger partial charge in [0.2, 0.25) is 0 Å². The van der Waals surface area contributed by atoms with Crippen LogP contribution in [0, 0.1) is 0 Å². The van der Waals surface area contributed by atoms with Gasteiger partial charge in [-0.3, -0.25) is 0 Å². The summed E-state index contributed by atoms with van der Waals surface area (Å²) in [5, 5.41) is 4.96. The summed E-state index contributed by atoms with van der Waals surface area (Å²) in [5.41, 5.74) is 18.8. The van der Waals surface area contributed by atoms with E-state index in [1.807, 2.05) is 0 Å². The molecule has 2 heterocycles. The Hall–Kier alpha value is -8.20. The van der Waals surface area contributed by atoms with Crippen LogP contribution >= 0.6 is 0 Å². The number of fused-ring (bicyclic) bond motifs is 6. The summed E-state index contributed by atoms with van der Waals surface area (Å²) in [6, 6.07) is 88.6. The first-order valence-corrected chi connectivity index (χ1v) is 21.3. The van der Waals surface area contributed by atoms with Gasteiger partial charge < -0.3 is 9.13 Å². The van der Waals surface area contributed by atoms with Crippen molar-refractivity contribution in [2.24, 2.45) is 0 Å². The molecule has 0 fully saturated rings. The van der Waals surface area contributed by atoms with E-state index in [1.54, 1.807) is 0 Å². The normalized spacial score (nSPS) is 11.5. The molecule has 0 N–H and O–H groups in total. The largest absolute Gasteiger partial charge is 0.309 e. The average molecular weight is 789 g/mol. The molecule has 12 aromatic rings. The maximum Gasteiger partial charge on any atom is 0.0542 e. The summed E-state index contributed by atoms with van der Waals surface area (Å²) in [7, 11) is 0. The number of para-hydroxylation sites is 3. The lowest BCUT2D eigenvalue weighted by Crippen LogP contribution is -1.97. The minimum absolute atomic E-state index is 1.12. The number of rotatable bonds is 7. The van der Waals surface area contributed by atoms with Gasteiger partial charge in [0.15, 0.2) is 0 Å². The second-order valence-electron chi connectivity index (χ2n) is 16.2. The predicted molar refractivity (Wildman–Crippen MR) is 262 cm³/mol. The molecule has 10 aromatic carbocycles. The molecule has 12 rings (SSSR count). The average Bonchev–Trinajstić information content (AvgIpc) is 3.87. The van der Waals surface area contributed by atoms with Crippen LogP contribution in [0.3, 0.4) is 0 Å².